The Hall–Kier alpha value is -2.36. The summed E-state index contributed by atoms with van der Waals surface area (Å²) < 4.78 is 18.9. The van der Waals surface area contributed by atoms with E-state index in [1.807, 2.05) is 31.1 Å². The Labute approximate surface area is 117 Å². The quantitative estimate of drug-likeness (QED) is 0.802. The molecule has 104 valence electrons. The fraction of sp³-hybridized carbons (Fsp3) is 0.188. The highest BCUT2D eigenvalue weighted by molar-refractivity contribution is 6.11. The van der Waals surface area contributed by atoms with Crippen molar-refractivity contribution in [2.75, 3.05) is 26.1 Å². The molecule has 2 aromatic rings. The van der Waals surface area contributed by atoms with Crippen molar-refractivity contribution in [1.82, 2.24) is 0 Å². The minimum atomic E-state index is -0.578. The molecule has 0 fully saturated rings. The number of methoxy groups -OCH3 is 1. The molecule has 2 aromatic carbocycles. The van der Waals surface area contributed by atoms with Crippen LogP contribution >= 0.6 is 0 Å². The van der Waals surface area contributed by atoms with Crippen LogP contribution in [0.15, 0.2) is 42.5 Å². The molecule has 0 saturated heterocycles. The van der Waals surface area contributed by atoms with Crippen molar-refractivity contribution in [3.05, 3.63) is 59.4 Å². The largest absolute Gasteiger partial charge is 0.496 e. The normalized spacial score (nSPS) is 10.2. The SMILES string of the molecule is COc1cccc(F)c1C(=O)c1ccc(N(C)C)cc1. The minimum absolute atomic E-state index is 0.0346. The summed E-state index contributed by atoms with van der Waals surface area (Å²) in [6.45, 7) is 0. The van der Waals surface area contributed by atoms with Crippen molar-refractivity contribution in [2.45, 2.75) is 0 Å². The number of ketones is 1. The van der Waals surface area contributed by atoms with Crippen molar-refractivity contribution in [2.24, 2.45) is 0 Å². The first-order chi connectivity index (χ1) is 9.54. The first-order valence-electron chi connectivity index (χ1n) is 6.19. The molecule has 0 aliphatic heterocycles. The monoisotopic (exact) mass is 273 g/mol. The summed E-state index contributed by atoms with van der Waals surface area (Å²) in [5.41, 5.74) is 1.37. The van der Waals surface area contributed by atoms with Crippen molar-refractivity contribution in [3.63, 3.8) is 0 Å². The van der Waals surface area contributed by atoms with Gasteiger partial charge < -0.3 is 9.64 Å². The second-order valence-electron chi connectivity index (χ2n) is 4.59. The topological polar surface area (TPSA) is 29.5 Å². The summed E-state index contributed by atoms with van der Waals surface area (Å²) >= 11 is 0. The zero-order chi connectivity index (χ0) is 14.7. The summed E-state index contributed by atoms with van der Waals surface area (Å²) in [5.74, 6) is -0.719. The zero-order valence-electron chi connectivity index (χ0n) is 11.7. The zero-order valence-corrected chi connectivity index (χ0v) is 11.7. The van der Waals surface area contributed by atoms with Crippen LogP contribution in [0.5, 0.6) is 5.75 Å². The third kappa shape index (κ3) is 2.64. The molecule has 0 radical (unpaired) electrons. The van der Waals surface area contributed by atoms with Gasteiger partial charge in [0.05, 0.1) is 7.11 Å². The molecule has 0 aliphatic carbocycles. The Morgan fingerprint density at radius 2 is 1.75 bits per heavy atom. The minimum Gasteiger partial charge on any atom is -0.496 e. The van der Waals surface area contributed by atoms with Gasteiger partial charge in [-0.25, -0.2) is 4.39 Å². The number of nitrogens with zero attached hydrogens (tertiary/aromatic N) is 1. The van der Waals surface area contributed by atoms with Crippen LogP contribution in [0.1, 0.15) is 15.9 Å². The van der Waals surface area contributed by atoms with Crippen LogP contribution < -0.4 is 9.64 Å². The van der Waals surface area contributed by atoms with E-state index in [0.717, 1.165) is 5.69 Å². The molecule has 4 heteroatoms. The van der Waals surface area contributed by atoms with E-state index >= 15 is 0 Å². The van der Waals surface area contributed by atoms with Crippen LogP contribution in [0.25, 0.3) is 0 Å². The Morgan fingerprint density at radius 3 is 2.30 bits per heavy atom. The first kappa shape index (κ1) is 14.1. The van der Waals surface area contributed by atoms with Gasteiger partial charge in [-0.2, -0.15) is 0 Å². The lowest BCUT2D eigenvalue weighted by molar-refractivity contribution is 0.103. The fourth-order valence-electron chi connectivity index (χ4n) is 1.95. The Morgan fingerprint density at radius 1 is 1.10 bits per heavy atom. The van der Waals surface area contributed by atoms with Crippen LogP contribution in [0, 0.1) is 5.82 Å². The number of hydrogen-bond acceptors (Lipinski definition) is 3. The third-order valence-corrected chi connectivity index (χ3v) is 3.07. The van der Waals surface area contributed by atoms with Crippen LogP contribution in [0.3, 0.4) is 0 Å². The standard InChI is InChI=1S/C16H16FNO2/c1-18(2)12-9-7-11(8-10-12)16(19)15-13(17)5-4-6-14(15)20-3/h4-10H,1-3H3. The summed E-state index contributed by atoms with van der Waals surface area (Å²) in [5, 5.41) is 0. The first-order valence-corrected chi connectivity index (χ1v) is 6.19. The smallest absolute Gasteiger partial charge is 0.199 e. The molecular weight excluding hydrogens is 257 g/mol. The predicted molar refractivity (Wildman–Crippen MR) is 77.2 cm³/mol. The molecular formula is C16H16FNO2. The average Bonchev–Trinajstić information content (AvgIpc) is 2.46. The number of carbonyl (C=O) groups is 1. The van der Waals surface area contributed by atoms with Gasteiger partial charge >= 0.3 is 0 Å². The molecule has 0 unspecified atom stereocenters. The van der Waals surface area contributed by atoms with Crippen molar-refractivity contribution in [1.29, 1.82) is 0 Å². The maximum Gasteiger partial charge on any atom is 0.199 e. The lowest BCUT2D eigenvalue weighted by atomic mass is 10.0. The van der Waals surface area contributed by atoms with Gasteiger partial charge in [0.1, 0.15) is 17.1 Å². The number of ether oxygens (including phenoxy) is 1. The maximum atomic E-state index is 13.9. The Kier molecular flexibility index (Phi) is 4.03. The molecule has 3 nitrogen and oxygen atoms in total. The number of carbonyl (C=O) groups excluding carboxylic acids is 1. The van der Waals surface area contributed by atoms with Crippen LogP contribution in [-0.2, 0) is 0 Å². The van der Waals surface area contributed by atoms with Gasteiger partial charge in [-0.05, 0) is 36.4 Å². The van der Waals surface area contributed by atoms with Gasteiger partial charge in [0.2, 0.25) is 0 Å². The second kappa shape index (κ2) is 5.74. The van der Waals surface area contributed by atoms with Crippen LogP contribution in [0.2, 0.25) is 0 Å². The summed E-state index contributed by atoms with van der Waals surface area (Å²) in [4.78, 5) is 14.3. The molecule has 0 aromatic heterocycles. The van der Waals surface area contributed by atoms with Gasteiger partial charge in [0, 0.05) is 25.3 Å². The van der Waals surface area contributed by atoms with Crippen LogP contribution in [0.4, 0.5) is 10.1 Å². The van der Waals surface area contributed by atoms with Crippen molar-refractivity contribution >= 4 is 11.5 Å². The lowest BCUT2D eigenvalue weighted by Gasteiger charge is -2.13. The summed E-state index contributed by atoms with van der Waals surface area (Å²) in [6.07, 6.45) is 0. The molecule has 0 aliphatic rings. The van der Waals surface area contributed by atoms with Gasteiger partial charge in [0.25, 0.3) is 0 Å². The van der Waals surface area contributed by atoms with E-state index < -0.39 is 5.82 Å². The molecule has 0 spiro atoms. The predicted octanol–water partition coefficient (Wildman–Crippen LogP) is 3.13. The van der Waals surface area contributed by atoms with Gasteiger partial charge in [-0.3, -0.25) is 4.79 Å². The van der Waals surface area contributed by atoms with Gasteiger partial charge in [-0.1, -0.05) is 6.07 Å². The average molecular weight is 273 g/mol. The fourth-order valence-corrected chi connectivity index (χ4v) is 1.95. The van der Waals surface area contributed by atoms with E-state index in [4.69, 9.17) is 4.74 Å². The molecule has 0 amide bonds. The number of benzene rings is 2. The molecule has 0 saturated carbocycles. The number of hydrogen-bond donors (Lipinski definition) is 0. The highest BCUT2D eigenvalue weighted by atomic mass is 19.1. The highest BCUT2D eigenvalue weighted by Gasteiger charge is 2.19. The molecule has 0 N–H and O–H groups in total. The Bertz CT molecular complexity index is 621. The number of rotatable bonds is 4. The number of halogens is 1. The molecule has 0 heterocycles. The van der Waals surface area contributed by atoms with E-state index in [1.54, 1.807) is 18.2 Å². The van der Waals surface area contributed by atoms with Crippen molar-refractivity contribution < 1.29 is 13.9 Å². The molecule has 0 atom stereocenters. The van der Waals surface area contributed by atoms with E-state index in [0.29, 0.717) is 5.56 Å². The maximum absolute atomic E-state index is 13.9. The van der Waals surface area contributed by atoms with E-state index in [-0.39, 0.29) is 17.1 Å². The Balaban J connectivity index is 2.41. The van der Waals surface area contributed by atoms with Crippen LogP contribution in [-0.4, -0.2) is 27.0 Å². The molecule has 2 rings (SSSR count). The van der Waals surface area contributed by atoms with E-state index in [2.05, 4.69) is 0 Å². The lowest BCUT2D eigenvalue weighted by Crippen LogP contribution is -2.10. The van der Waals surface area contributed by atoms with E-state index in [9.17, 15) is 9.18 Å². The summed E-state index contributed by atoms with van der Waals surface area (Å²) in [7, 11) is 5.24. The van der Waals surface area contributed by atoms with E-state index in [1.165, 1.54) is 19.2 Å². The van der Waals surface area contributed by atoms with Gasteiger partial charge in [0.15, 0.2) is 5.78 Å². The van der Waals surface area contributed by atoms with Crippen molar-refractivity contribution in [3.8, 4) is 5.75 Å². The highest BCUT2D eigenvalue weighted by Crippen LogP contribution is 2.25. The third-order valence-electron chi connectivity index (χ3n) is 3.07. The second-order valence-corrected chi connectivity index (χ2v) is 4.59. The molecule has 20 heavy (non-hydrogen) atoms. The number of anilines is 1. The molecule has 0 bridgehead atoms. The summed E-state index contributed by atoms with van der Waals surface area (Å²) in [6, 6.07) is 11.3. The van der Waals surface area contributed by atoms with Gasteiger partial charge in [-0.15, -0.1) is 0 Å².